The van der Waals surface area contributed by atoms with Crippen LogP contribution in [0.3, 0.4) is 0 Å². The molecular weight excluding hydrogens is 380 g/mol. The van der Waals surface area contributed by atoms with Crippen LogP contribution in [0.25, 0.3) is 11.3 Å². The van der Waals surface area contributed by atoms with Gasteiger partial charge in [-0.1, -0.05) is 36.4 Å². The minimum atomic E-state index is -0.454. The van der Waals surface area contributed by atoms with E-state index in [1.165, 1.54) is 23.5 Å². The Hall–Kier alpha value is -3.74. The van der Waals surface area contributed by atoms with Crippen LogP contribution in [0.2, 0.25) is 0 Å². The Balaban J connectivity index is 1.46. The SMILES string of the molecule is O=C(c1ccc(-n2ccnc2)c([N+](=O)[O-])c1)N1C2C=C(c3ccccc3)CC1CC2. The highest BCUT2D eigenvalue weighted by Crippen LogP contribution is 2.39. The number of imidazole rings is 1. The van der Waals surface area contributed by atoms with Crippen LogP contribution in [0.1, 0.15) is 35.2 Å². The number of hydrogen-bond donors (Lipinski definition) is 0. The van der Waals surface area contributed by atoms with Gasteiger partial charge in [-0.3, -0.25) is 14.9 Å². The molecule has 7 heteroatoms. The number of fused-ring (bicyclic) bond motifs is 2. The molecule has 0 saturated carbocycles. The molecule has 1 saturated heterocycles. The molecule has 3 aromatic rings. The predicted molar refractivity (Wildman–Crippen MR) is 112 cm³/mol. The smallest absolute Gasteiger partial charge is 0.294 e. The predicted octanol–water partition coefficient (Wildman–Crippen LogP) is 4.24. The Morgan fingerprint density at radius 3 is 2.67 bits per heavy atom. The highest BCUT2D eigenvalue weighted by atomic mass is 16.6. The van der Waals surface area contributed by atoms with Crippen molar-refractivity contribution in [1.29, 1.82) is 0 Å². The monoisotopic (exact) mass is 400 g/mol. The van der Waals surface area contributed by atoms with Gasteiger partial charge in [0, 0.05) is 30.1 Å². The number of aromatic nitrogens is 2. The first-order valence-corrected chi connectivity index (χ1v) is 9.97. The molecule has 2 aromatic carbocycles. The van der Waals surface area contributed by atoms with E-state index in [1.54, 1.807) is 29.1 Å². The van der Waals surface area contributed by atoms with Crippen LogP contribution in [0, 0.1) is 10.1 Å². The van der Waals surface area contributed by atoms with E-state index in [-0.39, 0.29) is 23.7 Å². The molecule has 0 N–H and O–H groups in total. The topological polar surface area (TPSA) is 81.3 Å². The minimum Gasteiger partial charge on any atom is -0.329 e. The molecule has 5 rings (SSSR count). The number of nitro benzene ring substituents is 1. The molecule has 0 aliphatic carbocycles. The molecule has 0 spiro atoms. The van der Waals surface area contributed by atoms with E-state index in [0.29, 0.717) is 11.3 Å². The third kappa shape index (κ3) is 3.08. The number of carbonyl (C=O) groups is 1. The van der Waals surface area contributed by atoms with Crippen LogP contribution in [-0.2, 0) is 0 Å². The van der Waals surface area contributed by atoms with Crippen molar-refractivity contribution < 1.29 is 9.72 Å². The van der Waals surface area contributed by atoms with E-state index in [1.807, 2.05) is 23.1 Å². The fourth-order valence-corrected chi connectivity index (χ4v) is 4.58. The second-order valence-corrected chi connectivity index (χ2v) is 7.70. The number of benzene rings is 2. The first-order chi connectivity index (χ1) is 14.6. The van der Waals surface area contributed by atoms with Crippen LogP contribution < -0.4 is 0 Å². The lowest BCUT2D eigenvalue weighted by Gasteiger charge is -2.34. The Labute approximate surface area is 173 Å². The Kier molecular flexibility index (Phi) is 4.43. The highest BCUT2D eigenvalue weighted by Gasteiger charge is 2.40. The van der Waals surface area contributed by atoms with Gasteiger partial charge in [-0.2, -0.15) is 0 Å². The first kappa shape index (κ1) is 18.3. The lowest BCUT2D eigenvalue weighted by molar-refractivity contribution is -0.384. The van der Waals surface area contributed by atoms with Crippen LogP contribution in [-0.4, -0.2) is 37.4 Å². The number of carbonyl (C=O) groups excluding carboxylic acids is 1. The maximum absolute atomic E-state index is 13.3. The molecule has 3 heterocycles. The van der Waals surface area contributed by atoms with Crippen LogP contribution >= 0.6 is 0 Å². The average molecular weight is 400 g/mol. The number of rotatable bonds is 4. The summed E-state index contributed by atoms with van der Waals surface area (Å²) < 4.78 is 1.58. The molecule has 1 amide bonds. The van der Waals surface area contributed by atoms with Gasteiger partial charge in [0.25, 0.3) is 11.6 Å². The van der Waals surface area contributed by atoms with Crippen molar-refractivity contribution in [1.82, 2.24) is 14.5 Å². The molecule has 2 bridgehead atoms. The Bertz CT molecular complexity index is 1140. The molecule has 2 atom stereocenters. The minimum absolute atomic E-state index is 0.0267. The lowest BCUT2D eigenvalue weighted by atomic mass is 9.94. The number of nitro groups is 1. The standard InChI is InChI=1S/C23H20N4O3/c28-23(17-6-9-21(22(14-17)27(29)30)25-11-10-24-15-25)26-19-7-8-20(26)13-18(12-19)16-4-2-1-3-5-16/h1-6,9-12,14-15,19-20H,7-8,13H2. The Morgan fingerprint density at radius 1 is 1.13 bits per heavy atom. The van der Waals surface area contributed by atoms with Gasteiger partial charge in [0.1, 0.15) is 5.69 Å². The molecule has 2 unspecified atom stereocenters. The van der Waals surface area contributed by atoms with E-state index in [4.69, 9.17) is 0 Å². The van der Waals surface area contributed by atoms with Crippen molar-refractivity contribution >= 4 is 17.2 Å². The summed E-state index contributed by atoms with van der Waals surface area (Å²) >= 11 is 0. The van der Waals surface area contributed by atoms with Crippen LogP contribution in [0.5, 0.6) is 0 Å². The Morgan fingerprint density at radius 2 is 1.97 bits per heavy atom. The van der Waals surface area contributed by atoms with E-state index < -0.39 is 4.92 Å². The second-order valence-electron chi connectivity index (χ2n) is 7.70. The summed E-state index contributed by atoms with van der Waals surface area (Å²) in [5.74, 6) is -0.147. The van der Waals surface area contributed by atoms with Crippen molar-refractivity contribution in [2.75, 3.05) is 0 Å². The molecule has 1 aromatic heterocycles. The van der Waals surface area contributed by atoms with E-state index >= 15 is 0 Å². The van der Waals surface area contributed by atoms with Gasteiger partial charge in [-0.25, -0.2) is 4.98 Å². The molecule has 2 aliphatic heterocycles. The molecule has 2 aliphatic rings. The van der Waals surface area contributed by atoms with Crippen molar-refractivity contribution in [3.8, 4) is 5.69 Å². The molecule has 150 valence electrons. The van der Waals surface area contributed by atoms with Gasteiger partial charge in [0.15, 0.2) is 0 Å². The van der Waals surface area contributed by atoms with Crippen molar-refractivity contribution in [3.05, 3.63) is 94.6 Å². The van der Waals surface area contributed by atoms with Gasteiger partial charge in [-0.05, 0) is 42.5 Å². The normalized spacial score (nSPS) is 20.1. The van der Waals surface area contributed by atoms with Crippen molar-refractivity contribution in [2.45, 2.75) is 31.3 Å². The van der Waals surface area contributed by atoms with Gasteiger partial charge in [0.05, 0.1) is 17.3 Å². The van der Waals surface area contributed by atoms with Gasteiger partial charge in [0.2, 0.25) is 0 Å². The van der Waals surface area contributed by atoms with Crippen LogP contribution in [0.15, 0.2) is 73.3 Å². The maximum Gasteiger partial charge on any atom is 0.294 e. The zero-order valence-corrected chi connectivity index (χ0v) is 16.2. The summed E-state index contributed by atoms with van der Waals surface area (Å²) in [4.78, 5) is 30.4. The van der Waals surface area contributed by atoms with Crippen LogP contribution in [0.4, 0.5) is 5.69 Å². The maximum atomic E-state index is 13.3. The third-order valence-corrected chi connectivity index (χ3v) is 5.98. The fraction of sp³-hybridized carbons (Fsp3) is 0.217. The summed E-state index contributed by atoms with van der Waals surface area (Å²) in [5.41, 5.74) is 3.10. The summed E-state index contributed by atoms with van der Waals surface area (Å²) in [6, 6.07) is 15.1. The van der Waals surface area contributed by atoms with E-state index in [9.17, 15) is 14.9 Å². The third-order valence-electron chi connectivity index (χ3n) is 5.98. The second kappa shape index (κ2) is 7.26. The van der Waals surface area contributed by atoms with Crippen molar-refractivity contribution in [3.63, 3.8) is 0 Å². The molecule has 30 heavy (non-hydrogen) atoms. The van der Waals surface area contributed by atoms with Crippen molar-refractivity contribution in [2.24, 2.45) is 0 Å². The number of amides is 1. The van der Waals surface area contributed by atoms with E-state index in [0.717, 1.165) is 19.3 Å². The lowest BCUT2D eigenvalue weighted by Crippen LogP contribution is -2.43. The summed E-state index contributed by atoms with van der Waals surface area (Å²) in [7, 11) is 0. The quantitative estimate of drug-likeness (QED) is 0.484. The molecule has 1 fully saturated rings. The number of hydrogen-bond acceptors (Lipinski definition) is 4. The summed E-state index contributed by atoms with van der Waals surface area (Å²) in [6.07, 6.45) is 9.56. The average Bonchev–Trinajstić information content (AvgIpc) is 3.39. The highest BCUT2D eigenvalue weighted by molar-refractivity contribution is 5.96. The number of nitrogens with zero attached hydrogens (tertiary/aromatic N) is 4. The fourth-order valence-electron chi connectivity index (χ4n) is 4.58. The molecule has 7 nitrogen and oxygen atoms in total. The molecular formula is C23H20N4O3. The van der Waals surface area contributed by atoms with E-state index in [2.05, 4.69) is 23.2 Å². The molecule has 0 radical (unpaired) electrons. The summed E-state index contributed by atoms with van der Waals surface area (Å²) in [5, 5.41) is 11.6. The first-order valence-electron chi connectivity index (χ1n) is 9.97. The van der Waals surface area contributed by atoms with Gasteiger partial charge in [-0.15, -0.1) is 0 Å². The largest absolute Gasteiger partial charge is 0.329 e. The van der Waals surface area contributed by atoms with Gasteiger partial charge < -0.3 is 9.47 Å². The van der Waals surface area contributed by atoms with Gasteiger partial charge >= 0.3 is 0 Å². The zero-order chi connectivity index (χ0) is 20.7. The zero-order valence-electron chi connectivity index (χ0n) is 16.2. The summed E-state index contributed by atoms with van der Waals surface area (Å²) in [6.45, 7) is 0.